The van der Waals surface area contributed by atoms with Crippen LogP contribution in [0.3, 0.4) is 0 Å². The Morgan fingerprint density at radius 3 is 3.00 bits per heavy atom. The fraction of sp³-hybridized carbons (Fsp3) is 0.400. The average Bonchev–Trinajstić information content (AvgIpc) is 2.90. The first-order valence-corrected chi connectivity index (χ1v) is 6.75. The molecule has 0 aliphatic carbocycles. The van der Waals surface area contributed by atoms with Gasteiger partial charge in [0.2, 0.25) is 0 Å². The van der Waals surface area contributed by atoms with Gasteiger partial charge in [-0.1, -0.05) is 6.92 Å². The molecule has 0 amide bonds. The average molecular weight is 239 g/mol. The van der Waals surface area contributed by atoms with E-state index in [0.717, 1.165) is 23.7 Å². The van der Waals surface area contributed by atoms with Gasteiger partial charge in [-0.3, -0.25) is 0 Å². The van der Waals surface area contributed by atoms with Gasteiger partial charge in [0.25, 0.3) is 0 Å². The first-order chi connectivity index (χ1) is 7.42. The minimum absolute atomic E-state index is 0.163. The van der Waals surface area contributed by atoms with Gasteiger partial charge in [-0.2, -0.15) is 0 Å². The number of rotatable bonds is 5. The third kappa shape index (κ3) is 2.62. The van der Waals surface area contributed by atoms with Gasteiger partial charge in [0.05, 0.1) is 11.2 Å². The second-order valence-electron chi connectivity index (χ2n) is 3.17. The van der Waals surface area contributed by atoms with Crippen molar-refractivity contribution in [3.05, 3.63) is 33.2 Å². The van der Waals surface area contributed by atoms with Crippen LogP contribution in [0.1, 0.15) is 30.1 Å². The molecule has 80 valence electrons. The van der Waals surface area contributed by atoms with Crippen molar-refractivity contribution in [3.63, 3.8) is 0 Å². The van der Waals surface area contributed by atoms with E-state index in [1.165, 1.54) is 0 Å². The molecule has 0 fully saturated rings. The predicted octanol–water partition coefficient (Wildman–Crippen LogP) is 2.69. The third-order valence-corrected chi connectivity index (χ3v) is 3.49. The highest BCUT2D eigenvalue weighted by molar-refractivity contribution is 7.09. The Morgan fingerprint density at radius 2 is 2.40 bits per heavy atom. The van der Waals surface area contributed by atoms with Crippen molar-refractivity contribution in [2.24, 2.45) is 0 Å². The predicted molar refractivity (Wildman–Crippen MR) is 64.4 cm³/mol. The topological polar surface area (TPSA) is 37.8 Å². The van der Waals surface area contributed by atoms with Crippen LogP contribution in [-0.2, 0) is 0 Å². The van der Waals surface area contributed by atoms with Crippen molar-refractivity contribution < 1.29 is 0 Å². The maximum atomic E-state index is 4.35. The molecule has 2 heterocycles. The van der Waals surface area contributed by atoms with Gasteiger partial charge in [0.15, 0.2) is 0 Å². The molecular weight excluding hydrogens is 226 g/mol. The highest BCUT2D eigenvalue weighted by Gasteiger charge is 2.17. The lowest BCUT2D eigenvalue weighted by Crippen LogP contribution is -2.23. The summed E-state index contributed by atoms with van der Waals surface area (Å²) < 4.78 is 0. The summed E-state index contributed by atoms with van der Waals surface area (Å²) >= 11 is 3.30. The maximum absolute atomic E-state index is 4.35. The Hall–Kier alpha value is -0.780. The Balaban J connectivity index is 2.17. The Kier molecular flexibility index (Phi) is 3.82. The zero-order valence-electron chi connectivity index (χ0n) is 8.51. The quantitative estimate of drug-likeness (QED) is 0.871. The molecule has 0 bridgehead atoms. The van der Waals surface area contributed by atoms with Crippen molar-refractivity contribution in [1.82, 2.24) is 15.3 Å². The van der Waals surface area contributed by atoms with E-state index in [2.05, 4.69) is 27.6 Å². The van der Waals surface area contributed by atoms with Crippen LogP contribution >= 0.6 is 22.7 Å². The van der Waals surface area contributed by atoms with E-state index < -0.39 is 0 Å². The van der Waals surface area contributed by atoms with Gasteiger partial charge < -0.3 is 5.32 Å². The normalized spacial score (nSPS) is 12.9. The van der Waals surface area contributed by atoms with Gasteiger partial charge in [-0.05, 0) is 13.0 Å². The Labute approximate surface area is 97.2 Å². The van der Waals surface area contributed by atoms with Crippen molar-refractivity contribution in [2.75, 3.05) is 6.54 Å². The van der Waals surface area contributed by atoms with E-state index in [1.54, 1.807) is 22.7 Å². The van der Waals surface area contributed by atoms with Crippen LogP contribution < -0.4 is 5.32 Å². The van der Waals surface area contributed by atoms with Crippen molar-refractivity contribution in [2.45, 2.75) is 19.4 Å². The maximum Gasteiger partial charge on any atom is 0.116 e. The fourth-order valence-electron chi connectivity index (χ4n) is 1.35. The lowest BCUT2D eigenvalue weighted by molar-refractivity contribution is 0.586. The summed E-state index contributed by atoms with van der Waals surface area (Å²) in [4.78, 5) is 8.69. The molecule has 1 atom stereocenters. The molecule has 0 aromatic carbocycles. The number of thiazole rings is 2. The molecule has 1 N–H and O–H groups in total. The number of nitrogens with one attached hydrogen (secondary N) is 1. The van der Waals surface area contributed by atoms with Crippen LogP contribution in [0.25, 0.3) is 0 Å². The molecule has 2 rings (SSSR count). The minimum Gasteiger partial charge on any atom is -0.303 e. The van der Waals surface area contributed by atoms with E-state index in [-0.39, 0.29) is 6.04 Å². The van der Waals surface area contributed by atoms with E-state index in [4.69, 9.17) is 0 Å². The molecule has 0 radical (unpaired) electrons. The zero-order valence-corrected chi connectivity index (χ0v) is 10.1. The van der Waals surface area contributed by atoms with Crippen LogP contribution in [0.4, 0.5) is 0 Å². The van der Waals surface area contributed by atoms with Crippen molar-refractivity contribution in [3.8, 4) is 0 Å². The lowest BCUT2D eigenvalue weighted by Gasteiger charge is -2.13. The molecule has 15 heavy (non-hydrogen) atoms. The monoisotopic (exact) mass is 239 g/mol. The Bertz CT molecular complexity index is 335. The largest absolute Gasteiger partial charge is 0.303 e. The SMILES string of the molecule is CCCNC(c1cscn1)c1nccs1. The zero-order chi connectivity index (χ0) is 10.5. The summed E-state index contributed by atoms with van der Waals surface area (Å²) in [7, 11) is 0. The molecule has 0 aliphatic rings. The molecule has 3 nitrogen and oxygen atoms in total. The van der Waals surface area contributed by atoms with E-state index in [1.807, 2.05) is 17.1 Å². The molecule has 5 heteroatoms. The third-order valence-electron chi connectivity index (χ3n) is 2.04. The van der Waals surface area contributed by atoms with Gasteiger partial charge >= 0.3 is 0 Å². The summed E-state index contributed by atoms with van der Waals surface area (Å²) in [5.41, 5.74) is 2.94. The highest BCUT2D eigenvalue weighted by atomic mass is 32.1. The van der Waals surface area contributed by atoms with Crippen LogP contribution in [-0.4, -0.2) is 16.5 Å². The van der Waals surface area contributed by atoms with E-state index in [9.17, 15) is 0 Å². The smallest absolute Gasteiger partial charge is 0.116 e. The van der Waals surface area contributed by atoms with Crippen LogP contribution in [0, 0.1) is 0 Å². The minimum atomic E-state index is 0.163. The standard InChI is InChI=1S/C10H13N3S2/c1-2-3-11-9(8-6-14-7-13-8)10-12-4-5-15-10/h4-7,9,11H,2-3H2,1H3. The molecule has 2 aromatic rings. The van der Waals surface area contributed by atoms with E-state index >= 15 is 0 Å². The molecule has 0 saturated carbocycles. The van der Waals surface area contributed by atoms with Crippen molar-refractivity contribution in [1.29, 1.82) is 0 Å². The first-order valence-electron chi connectivity index (χ1n) is 4.92. The second kappa shape index (κ2) is 5.34. The molecule has 2 aromatic heterocycles. The highest BCUT2D eigenvalue weighted by Crippen LogP contribution is 2.23. The number of nitrogens with zero attached hydrogens (tertiary/aromatic N) is 2. The van der Waals surface area contributed by atoms with Gasteiger partial charge in [-0.15, -0.1) is 22.7 Å². The number of hydrogen-bond acceptors (Lipinski definition) is 5. The first kappa shape index (κ1) is 10.7. The lowest BCUT2D eigenvalue weighted by atomic mass is 10.2. The molecule has 0 saturated heterocycles. The van der Waals surface area contributed by atoms with Crippen LogP contribution in [0.2, 0.25) is 0 Å². The molecular formula is C10H13N3S2. The van der Waals surface area contributed by atoms with Gasteiger partial charge in [0, 0.05) is 17.0 Å². The van der Waals surface area contributed by atoms with Crippen molar-refractivity contribution >= 4 is 22.7 Å². The summed E-state index contributed by atoms with van der Waals surface area (Å²) in [6.07, 6.45) is 2.96. The molecule has 0 spiro atoms. The molecule has 1 unspecified atom stereocenters. The molecule has 0 aliphatic heterocycles. The van der Waals surface area contributed by atoms with Crippen LogP contribution in [0.15, 0.2) is 22.5 Å². The van der Waals surface area contributed by atoms with Gasteiger partial charge in [0.1, 0.15) is 11.0 Å². The summed E-state index contributed by atoms with van der Waals surface area (Å²) in [6.45, 7) is 3.15. The summed E-state index contributed by atoms with van der Waals surface area (Å²) in [6, 6.07) is 0.163. The van der Waals surface area contributed by atoms with E-state index in [0.29, 0.717) is 0 Å². The fourth-order valence-corrected chi connectivity index (χ4v) is 2.65. The van der Waals surface area contributed by atoms with Gasteiger partial charge in [-0.25, -0.2) is 9.97 Å². The number of hydrogen-bond donors (Lipinski definition) is 1. The number of aromatic nitrogens is 2. The second-order valence-corrected chi connectivity index (χ2v) is 4.82. The van der Waals surface area contributed by atoms with Crippen LogP contribution in [0.5, 0.6) is 0 Å². The summed E-state index contributed by atoms with van der Waals surface area (Å²) in [5.74, 6) is 0. The summed E-state index contributed by atoms with van der Waals surface area (Å²) in [5, 5.41) is 8.64. The Morgan fingerprint density at radius 1 is 1.47 bits per heavy atom.